The summed E-state index contributed by atoms with van der Waals surface area (Å²) in [5.74, 6) is -0.367. The number of nitrogens with zero attached hydrogens (tertiary/aromatic N) is 1. The minimum absolute atomic E-state index is 0.113. The molecule has 2 rings (SSSR count). The number of amides is 1. The van der Waals surface area contributed by atoms with Crippen LogP contribution in [0.1, 0.15) is 35.7 Å². The molecule has 0 radical (unpaired) electrons. The molecule has 0 bridgehead atoms. The summed E-state index contributed by atoms with van der Waals surface area (Å²) in [6.07, 6.45) is 1.39. The molecule has 2 atom stereocenters. The highest BCUT2D eigenvalue weighted by Gasteiger charge is 2.27. The summed E-state index contributed by atoms with van der Waals surface area (Å²) in [5, 5.41) is 9.69. The van der Waals surface area contributed by atoms with E-state index < -0.39 is 6.10 Å². The SMILES string of the molecule is COCc1cc(C(=O)N2CCCC(C(C)O)C2)ccc1F. The van der Waals surface area contributed by atoms with E-state index in [-0.39, 0.29) is 24.2 Å². The highest BCUT2D eigenvalue weighted by molar-refractivity contribution is 5.94. The minimum atomic E-state index is -0.419. The summed E-state index contributed by atoms with van der Waals surface area (Å²) in [4.78, 5) is 14.3. The Balaban J connectivity index is 2.14. The number of rotatable bonds is 4. The third kappa shape index (κ3) is 3.80. The highest BCUT2D eigenvalue weighted by atomic mass is 19.1. The monoisotopic (exact) mass is 295 g/mol. The summed E-state index contributed by atoms with van der Waals surface area (Å²) in [7, 11) is 1.49. The quantitative estimate of drug-likeness (QED) is 0.926. The number of ether oxygens (including phenoxy) is 1. The lowest BCUT2D eigenvalue weighted by atomic mass is 9.93. The lowest BCUT2D eigenvalue weighted by Gasteiger charge is -2.34. The third-order valence-electron chi connectivity index (χ3n) is 4.02. The molecule has 1 aromatic carbocycles. The van der Waals surface area contributed by atoms with E-state index in [0.29, 0.717) is 24.2 Å². The zero-order valence-electron chi connectivity index (χ0n) is 12.5. The molecule has 1 aliphatic heterocycles. The van der Waals surface area contributed by atoms with Gasteiger partial charge in [0.2, 0.25) is 0 Å². The fourth-order valence-corrected chi connectivity index (χ4v) is 2.74. The van der Waals surface area contributed by atoms with Gasteiger partial charge in [-0.3, -0.25) is 4.79 Å². The van der Waals surface area contributed by atoms with Crippen molar-refractivity contribution in [2.75, 3.05) is 20.2 Å². The Morgan fingerprint density at radius 3 is 3.00 bits per heavy atom. The second-order valence-corrected chi connectivity index (χ2v) is 5.63. The number of halogens is 1. The predicted octanol–water partition coefficient (Wildman–Crippen LogP) is 2.21. The standard InChI is InChI=1S/C16H22FNO3/c1-11(19)13-4-3-7-18(9-13)16(20)12-5-6-15(17)14(8-12)10-21-2/h5-6,8,11,13,19H,3-4,7,9-10H2,1-2H3. The first-order chi connectivity index (χ1) is 10.0. The van der Waals surface area contributed by atoms with Gasteiger partial charge in [-0.15, -0.1) is 0 Å². The Bertz CT molecular complexity index is 504. The first-order valence-electron chi connectivity index (χ1n) is 7.27. The molecule has 1 aliphatic rings. The Labute approximate surface area is 124 Å². The van der Waals surface area contributed by atoms with Crippen LogP contribution in [0.15, 0.2) is 18.2 Å². The van der Waals surface area contributed by atoms with Crippen LogP contribution < -0.4 is 0 Å². The fraction of sp³-hybridized carbons (Fsp3) is 0.562. The number of likely N-dealkylation sites (tertiary alicyclic amines) is 1. The molecule has 1 heterocycles. The summed E-state index contributed by atoms with van der Waals surface area (Å²) >= 11 is 0. The molecule has 0 aliphatic carbocycles. The number of carbonyl (C=O) groups is 1. The van der Waals surface area contributed by atoms with Crippen molar-refractivity contribution in [1.82, 2.24) is 4.90 Å². The Morgan fingerprint density at radius 1 is 1.57 bits per heavy atom. The molecule has 2 unspecified atom stereocenters. The first-order valence-corrected chi connectivity index (χ1v) is 7.27. The molecule has 1 fully saturated rings. The largest absolute Gasteiger partial charge is 0.393 e. The highest BCUT2D eigenvalue weighted by Crippen LogP contribution is 2.22. The summed E-state index contributed by atoms with van der Waals surface area (Å²) < 4.78 is 18.5. The van der Waals surface area contributed by atoms with Crippen LogP contribution in [0.25, 0.3) is 0 Å². The number of carbonyl (C=O) groups excluding carboxylic acids is 1. The second-order valence-electron chi connectivity index (χ2n) is 5.63. The molecule has 1 aromatic rings. The van der Waals surface area contributed by atoms with Crippen LogP contribution in [0, 0.1) is 11.7 Å². The van der Waals surface area contributed by atoms with Gasteiger partial charge < -0.3 is 14.7 Å². The molecule has 1 amide bonds. The average Bonchev–Trinajstić information content (AvgIpc) is 2.49. The maximum Gasteiger partial charge on any atom is 0.253 e. The molecule has 0 spiro atoms. The zero-order valence-corrected chi connectivity index (χ0v) is 12.5. The van der Waals surface area contributed by atoms with E-state index >= 15 is 0 Å². The minimum Gasteiger partial charge on any atom is -0.393 e. The lowest BCUT2D eigenvalue weighted by Crippen LogP contribution is -2.43. The van der Waals surface area contributed by atoms with E-state index in [1.54, 1.807) is 17.9 Å². The van der Waals surface area contributed by atoms with E-state index in [0.717, 1.165) is 12.8 Å². The van der Waals surface area contributed by atoms with Gasteiger partial charge in [-0.05, 0) is 38.0 Å². The molecule has 1 N–H and O–H groups in total. The maximum atomic E-state index is 13.6. The summed E-state index contributed by atoms with van der Waals surface area (Å²) in [6, 6.07) is 4.35. The van der Waals surface area contributed by atoms with Crippen LogP contribution in [-0.2, 0) is 11.3 Å². The number of hydrogen-bond donors (Lipinski definition) is 1. The van der Waals surface area contributed by atoms with Gasteiger partial charge in [0.15, 0.2) is 0 Å². The summed E-state index contributed by atoms with van der Waals surface area (Å²) in [6.45, 7) is 3.13. The van der Waals surface area contributed by atoms with Crippen molar-refractivity contribution in [2.45, 2.75) is 32.5 Å². The molecular weight excluding hydrogens is 273 g/mol. The fourth-order valence-electron chi connectivity index (χ4n) is 2.74. The van der Waals surface area contributed by atoms with Crippen LogP contribution in [0.4, 0.5) is 4.39 Å². The number of piperidine rings is 1. The van der Waals surface area contributed by atoms with Gasteiger partial charge in [-0.2, -0.15) is 0 Å². The van der Waals surface area contributed by atoms with Gasteiger partial charge in [-0.25, -0.2) is 4.39 Å². The van der Waals surface area contributed by atoms with E-state index in [4.69, 9.17) is 4.74 Å². The number of methoxy groups -OCH3 is 1. The van der Waals surface area contributed by atoms with Gasteiger partial charge in [0.05, 0.1) is 12.7 Å². The normalized spacial score (nSPS) is 20.4. The lowest BCUT2D eigenvalue weighted by molar-refractivity contribution is 0.0466. The molecule has 0 saturated carbocycles. The van der Waals surface area contributed by atoms with Crippen molar-refractivity contribution >= 4 is 5.91 Å². The summed E-state index contributed by atoms with van der Waals surface area (Å²) in [5.41, 5.74) is 0.849. The maximum absolute atomic E-state index is 13.6. The van der Waals surface area contributed by atoms with Crippen molar-refractivity contribution < 1.29 is 19.0 Å². The van der Waals surface area contributed by atoms with Crippen LogP contribution >= 0.6 is 0 Å². The molecule has 1 saturated heterocycles. The number of aliphatic hydroxyl groups excluding tert-OH is 1. The molecule has 116 valence electrons. The first kappa shape index (κ1) is 15.9. The van der Waals surface area contributed by atoms with Crippen LogP contribution in [0.3, 0.4) is 0 Å². The number of aliphatic hydroxyl groups is 1. The van der Waals surface area contributed by atoms with Gasteiger partial charge in [0, 0.05) is 37.2 Å². The zero-order chi connectivity index (χ0) is 15.4. The van der Waals surface area contributed by atoms with Crippen molar-refractivity contribution in [2.24, 2.45) is 5.92 Å². The Kier molecular flexibility index (Phi) is 5.31. The predicted molar refractivity (Wildman–Crippen MR) is 77.4 cm³/mol. The number of hydrogen-bond acceptors (Lipinski definition) is 3. The van der Waals surface area contributed by atoms with Gasteiger partial charge in [0.1, 0.15) is 5.82 Å². The third-order valence-corrected chi connectivity index (χ3v) is 4.02. The van der Waals surface area contributed by atoms with Crippen molar-refractivity contribution in [3.05, 3.63) is 35.1 Å². The molecule has 0 aromatic heterocycles. The molecular formula is C16H22FNO3. The van der Waals surface area contributed by atoms with E-state index in [1.165, 1.54) is 19.2 Å². The van der Waals surface area contributed by atoms with Crippen LogP contribution in [-0.4, -0.2) is 42.2 Å². The van der Waals surface area contributed by atoms with Gasteiger partial charge in [-0.1, -0.05) is 0 Å². The molecule has 5 heteroatoms. The smallest absolute Gasteiger partial charge is 0.253 e. The van der Waals surface area contributed by atoms with Crippen LogP contribution in [0.2, 0.25) is 0 Å². The van der Waals surface area contributed by atoms with Gasteiger partial charge in [0.25, 0.3) is 5.91 Å². The molecule has 21 heavy (non-hydrogen) atoms. The van der Waals surface area contributed by atoms with Gasteiger partial charge >= 0.3 is 0 Å². The van der Waals surface area contributed by atoms with Crippen molar-refractivity contribution in [3.8, 4) is 0 Å². The van der Waals surface area contributed by atoms with E-state index in [2.05, 4.69) is 0 Å². The molecule has 4 nitrogen and oxygen atoms in total. The van der Waals surface area contributed by atoms with E-state index in [9.17, 15) is 14.3 Å². The Morgan fingerprint density at radius 2 is 2.33 bits per heavy atom. The van der Waals surface area contributed by atoms with Crippen molar-refractivity contribution in [3.63, 3.8) is 0 Å². The van der Waals surface area contributed by atoms with E-state index in [1.807, 2.05) is 0 Å². The second kappa shape index (κ2) is 7.00. The van der Waals surface area contributed by atoms with Crippen molar-refractivity contribution in [1.29, 1.82) is 0 Å². The van der Waals surface area contributed by atoms with Crippen LogP contribution in [0.5, 0.6) is 0 Å². The topological polar surface area (TPSA) is 49.8 Å². The average molecular weight is 295 g/mol. The Hall–Kier alpha value is -1.46. The number of benzene rings is 1.